The summed E-state index contributed by atoms with van der Waals surface area (Å²) in [6.07, 6.45) is 0. The summed E-state index contributed by atoms with van der Waals surface area (Å²) in [6.45, 7) is 3.23. The molecule has 40 heavy (non-hydrogen) atoms. The minimum absolute atomic E-state index is 0.0645. The topological polar surface area (TPSA) is 73.6 Å². The van der Waals surface area contributed by atoms with E-state index in [-0.39, 0.29) is 11.8 Å². The van der Waals surface area contributed by atoms with Gasteiger partial charge in [-0.05, 0) is 53.6 Å². The molecule has 7 heteroatoms. The second kappa shape index (κ2) is 11.5. The summed E-state index contributed by atoms with van der Waals surface area (Å²) in [5.41, 5.74) is 0.847. The SMILES string of the molecule is COc1ccccc1C(c1cccc2ccccc12)C(C)(C#N)C(=O)N1CCN(C(=O)c2ccc(Br)cc2)CC1. The van der Waals surface area contributed by atoms with Gasteiger partial charge >= 0.3 is 0 Å². The van der Waals surface area contributed by atoms with Crippen LogP contribution in [0.5, 0.6) is 5.75 Å². The number of piperazine rings is 1. The summed E-state index contributed by atoms with van der Waals surface area (Å²) in [6, 6.07) is 31.3. The highest BCUT2D eigenvalue weighted by atomic mass is 79.9. The van der Waals surface area contributed by atoms with E-state index in [1.807, 2.05) is 78.9 Å². The monoisotopic (exact) mass is 595 g/mol. The molecule has 4 aromatic carbocycles. The van der Waals surface area contributed by atoms with Gasteiger partial charge in [0.15, 0.2) is 0 Å². The standard InChI is InChI=1S/C33H30BrN3O3/c1-33(22-35,32(39)37-20-18-36(19-21-37)31(38)24-14-16-25(34)17-15-24)30(28-11-5-6-13-29(28)40-2)27-12-7-9-23-8-3-4-10-26(23)27/h3-17,30H,18-21H2,1-2H3. The Labute approximate surface area is 242 Å². The van der Waals surface area contributed by atoms with Crippen molar-refractivity contribution in [1.29, 1.82) is 5.26 Å². The minimum Gasteiger partial charge on any atom is -0.496 e. The fourth-order valence-electron chi connectivity index (χ4n) is 5.65. The van der Waals surface area contributed by atoms with Gasteiger partial charge < -0.3 is 14.5 Å². The number of halogens is 1. The lowest BCUT2D eigenvalue weighted by molar-refractivity contribution is -0.140. The van der Waals surface area contributed by atoms with E-state index in [0.717, 1.165) is 26.4 Å². The molecule has 1 aliphatic heterocycles. The first-order chi connectivity index (χ1) is 19.4. The van der Waals surface area contributed by atoms with Crippen molar-refractivity contribution in [3.05, 3.63) is 112 Å². The zero-order chi connectivity index (χ0) is 28.3. The number of nitrogens with zero attached hydrogens (tertiary/aromatic N) is 3. The Morgan fingerprint density at radius 3 is 2.15 bits per heavy atom. The Morgan fingerprint density at radius 1 is 0.850 bits per heavy atom. The first-order valence-electron chi connectivity index (χ1n) is 13.2. The van der Waals surface area contributed by atoms with Crippen LogP contribution in [0, 0.1) is 16.7 Å². The average Bonchev–Trinajstić information content (AvgIpc) is 3.01. The van der Waals surface area contributed by atoms with Crippen molar-refractivity contribution >= 4 is 38.5 Å². The number of carbonyl (C=O) groups excluding carboxylic acids is 2. The van der Waals surface area contributed by atoms with Gasteiger partial charge in [-0.25, -0.2) is 0 Å². The number of carbonyl (C=O) groups is 2. The van der Waals surface area contributed by atoms with E-state index in [4.69, 9.17) is 4.74 Å². The number of fused-ring (bicyclic) bond motifs is 1. The van der Waals surface area contributed by atoms with E-state index in [1.54, 1.807) is 36.0 Å². The second-order valence-electron chi connectivity index (χ2n) is 10.1. The van der Waals surface area contributed by atoms with Crippen molar-refractivity contribution in [2.75, 3.05) is 33.3 Å². The summed E-state index contributed by atoms with van der Waals surface area (Å²) < 4.78 is 6.64. The molecule has 0 spiro atoms. The van der Waals surface area contributed by atoms with E-state index >= 15 is 0 Å². The van der Waals surface area contributed by atoms with Crippen LogP contribution in [0.15, 0.2) is 95.5 Å². The Morgan fingerprint density at radius 2 is 1.45 bits per heavy atom. The van der Waals surface area contributed by atoms with Crippen LogP contribution in [0.1, 0.15) is 34.3 Å². The van der Waals surface area contributed by atoms with Gasteiger partial charge in [0.2, 0.25) is 5.91 Å². The van der Waals surface area contributed by atoms with Crippen LogP contribution in [0.25, 0.3) is 10.8 Å². The summed E-state index contributed by atoms with van der Waals surface area (Å²) in [4.78, 5) is 30.9. The molecule has 2 amide bonds. The van der Waals surface area contributed by atoms with Crippen LogP contribution < -0.4 is 4.74 Å². The molecule has 4 aromatic rings. The number of benzene rings is 4. The maximum Gasteiger partial charge on any atom is 0.253 e. The lowest BCUT2D eigenvalue weighted by atomic mass is 9.68. The molecule has 0 N–H and O–H groups in total. The predicted molar refractivity (Wildman–Crippen MR) is 159 cm³/mol. The molecule has 2 atom stereocenters. The van der Waals surface area contributed by atoms with Gasteiger partial charge in [-0.3, -0.25) is 9.59 Å². The summed E-state index contributed by atoms with van der Waals surface area (Å²) in [5.74, 6) is -0.283. The molecule has 1 aliphatic rings. The van der Waals surface area contributed by atoms with Crippen LogP contribution in [0.3, 0.4) is 0 Å². The number of amides is 2. The smallest absolute Gasteiger partial charge is 0.253 e. The third-order valence-corrected chi connectivity index (χ3v) is 8.31. The summed E-state index contributed by atoms with van der Waals surface area (Å²) in [5, 5.41) is 12.7. The van der Waals surface area contributed by atoms with Gasteiger partial charge in [-0.15, -0.1) is 0 Å². The normalized spacial score (nSPS) is 15.7. The first kappa shape index (κ1) is 27.4. The fraction of sp³-hybridized carbons (Fsp3) is 0.242. The maximum atomic E-state index is 14.3. The van der Waals surface area contributed by atoms with Gasteiger partial charge in [-0.1, -0.05) is 76.6 Å². The molecule has 5 rings (SSSR count). The van der Waals surface area contributed by atoms with Gasteiger partial charge in [0.05, 0.1) is 13.2 Å². The third kappa shape index (κ3) is 5.07. The minimum atomic E-state index is -1.43. The lowest BCUT2D eigenvalue weighted by Gasteiger charge is -2.40. The Hall–Kier alpha value is -4.15. The molecule has 0 radical (unpaired) electrons. The van der Waals surface area contributed by atoms with Crippen LogP contribution in [0.4, 0.5) is 0 Å². The first-order valence-corrected chi connectivity index (χ1v) is 14.0. The van der Waals surface area contributed by atoms with Crippen LogP contribution in [0.2, 0.25) is 0 Å². The molecular weight excluding hydrogens is 566 g/mol. The fourth-order valence-corrected chi connectivity index (χ4v) is 5.91. The molecule has 2 unspecified atom stereocenters. The number of rotatable bonds is 6. The van der Waals surface area contributed by atoms with Crippen LogP contribution in [-0.2, 0) is 4.79 Å². The molecule has 1 heterocycles. The van der Waals surface area contributed by atoms with Gasteiger partial charge in [-0.2, -0.15) is 5.26 Å². The van der Waals surface area contributed by atoms with E-state index < -0.39 is 11.3 Å². The number of para-hydroxylation sites is 1. The molecule has 0 saturated carbocycles. The van der Waals surface area contributed by atoms with Crippen molar-refractivity contribution in [2.24, 2.45) is 5.41 Å². The highest BCUT2D eigenvalue weighted by Gasteiger charge is 2.47. The Kier molecular flexibility index (Phi) is 7.90. The van der Waals surface area contributed by atoms with Gasteiger partial charge in [0.25, 0.3) is 5.91 Å². The molecule has 0 bridgehead atoms. The average molecular weight is 597 g/mol. The molecule has 6 nitrogen and oxygen atoms in total. The Bertz CT molecular complexity index is 1580. The molecule has 0 aliphatic carbocycles. The molecule has 1 saturated heterocycles. The molecule has 1 fully saturated rings. The molecule has 202 valence electrons. The molecular formula is C33H30BrN3O3. The lowest BCUT2D eigenvalue weighted by Crippen LogP contribution is -2.54. The zero-order valence-electron chi connectivity index (χ0n) is 22.5. The van der Waals surface area contributed by atoms with E-state index in [1.165, 1.54) is 0 Å². The highest BCUT2D eigenvalue weighted by molar-refractivity contribution is 9.10. The number of nitriles is 1. The number of hydrogen-bond donors (Lipinski definition) is 0. The number of hydrogen-bond acceptors (Lipinski definition) is 4. The van der Waals surface area contributed by atoms with E-state index in [9.17, 15) is 14.9 Å². The number of ether oxygens (including phenoxy) is 1. The zero-order valence-corrected chi connectivity index (χ0v) is 24.1. The van der Waals surface area contributed by atoms with Crippen molar-refractivity contribution in [3.8, 4) is 11.8 Å². The van der Waals surface area contributed by atoms with Crippen molar-refractivity contribution in [1.82, 2.24) is 9.80 Å². The molecule has 0 aromatic heterocycles. The third-order valence-electron chi connectivity index (χ3n) is 7.78. The Balaban J connectivity index is 1.49. The largest absolute Gasteiger partial charge is 0.496 e. The van der Waals surface area contributed by atoms with E-state index in [0.29, 0.717) is 37.5 Å². The van der Waals surface area contributed by atoms with E-state index in [2.05, 4.69) is 22.0 Å². The summed E-state index contributed by atoms with van der Waals surface area (Å²) in [7, 11) is 1.60. The number of methoxy groups -OCH3 is 1. The van der Waals surface area contributed by atoms with Gasteiger partial charge in [0.1, 0.15) is 11.2 Å². The van der Waals surface area contributed by atoms with Crippen LogP contribution >= 0.6 is 15.9 Å². The predicted octanol–water partition coefficient (Wildman–Crippen LogP) is 6.26. The van der Waals surface area contributed by atoms with Crippen molar-refractivity contribution < 1.29 is 14.3 Å². The maximum absolute atomic E-state index is 14.3. The highest BCUT2D eigenvalue weighted by Crippen LogP contribution is 2.47. The summed E-state index contributed by atoms with van der Waals surface area (Å²) >= 11 is 3.40. The quantitative estimate of drug-likeness (QED) is 0.264. The van der Waals surface area contributed by atoms with Crippen molar-refractivity contribution in [3.63, 3.8) is 0 Å². The van der Waals surface area contributed by atoms with Crippen LogP contribution in [-0.4, -0.2) is 54.9 Å². The van der Waals surface area contributed by atoms with Crippen molar-refractivity contribution in [2.45, 2.75) is 12.8 Å². The second-order valence-corrected chi connectivity index (χ2v) is 11.1. The van der Waals surface area contributed by atoms with Gasteiger partial charge in [0, 0.05) is 47.7 Å².